The van der Waals surface area contributed by atoms with Gasteiger partial charge in [-0.2, -0.15) is 4.68 Å². The third-order valence-corrected chi connectivity index (χ3v) is 5.08. The number of anilines is 2. The quantitative estimate of drug-likeness (QED) is 0.372. The van der Waals surface area contributed by atoms with Crippen molar-refractivity contribution in [3.63, 3.8) is 0 Å². The van der Waals surface area contributed by atoms with Crippen molar-refractivity contribution in [2.75, 3.05) is 29.3 Å². The van der Waals surface area contributed by atoms with Gasteiger partial charge in [0.2, 0.25) is 11.1 Å². The molecule has 31 heavy (non-hydrogen) atoms. The number of carbonyl (C=O) groups excluding carboxylic acids is 2. The SMILES string of the molecule is COc1ccccc1NC(=O)c1ccc(NC(=O)CSc2nnc(C)c(=O)n2N)cc1. The Kier molecular flexibility index (Phi) is 6.88. The number of methoxy groups -OCH3 is 1. The Hall–Kier alpha value is -3.86. The number of hydrogen-bond acceptors (Lipinski definition) is 8. The van der Waals surface area contributed by atoms with E-state index in [0.29, 0.717) is 22.7 Å². The van der Waals surface area contributed by atoms with Crippen molar-refractivity contribution in [2.45, 2.75) is 12.1 Å². The molecule has 3 rings (SSSR count). The summed E-state index contributed by atoms with van der Waals surface area (Å²) < 4.78 is 6.08. The van der Waals surface area contributed by atoms with Crippen molar-refractivity contribution < 1.29 is 14.3 Å². The summed E-state index contributed by atoms with van der Waals surface area (Å²) in [6.45, 7) is 1.50. The molecule has 3 aromatic rings. The molecule has 0 atom stereocenters. The van der Waals surface area contributed by atoms with E-state index in [1.165, 1.54) is 14.0 Å². The van der Waals surface area contributed by atoms with Gasteiger partial charge in [0.15, 0.2) is 0 Å². The maximum Gasteiger partial charge on any atom is 0.294 e. The molecule has 0 aliphatic rings. The van der Waals surface area contributed by atoms with Gasteiger partial charge in [-0.15, -0.1) is 10.2 Å². The van der Waals surface area contributed by atoms with Crippen LogP contribution in [-0.4, -0.2) is 39.6 Å². The minimum atomic E-state index is -0.472. The summed E-state index contributed by atoms with van der Waals surface area (Å²) in [7, 11) is 1.53. The highest BCUT2D eigenvalue weighted by Crippen LogP contribution is 2.24. The number of aromatic nitrogens is 3. The van der Waals surface area contributed by atoms with Crippen molar-refractivity contribution in [3.05, 3.63) is 70.1 Å². The van der Waals surface area contributed by atoms with Crippen LogP contribution in [-0.2, 0) is 4.79 Å². The highest BCUT2D eigenvalue weighted by atomic mass is 32.2. The van der Waals surface area contributed by atoms with Gasteiger partial charge in [-0.3, -0.25) is 14.4 Å². The second kappa shape index (κ2) is 9.76. The van der Waals surface area contributed by atoms with Crippen LogP contribution in [0.4, 0.5) is 11.4 Å². The molecule has 10 nitrogen and oxygen atoms in total. The van der Waals surface area contributed by atoms with Crippen LogP contribution < -0.4 is 26.8 Å². The van der Waals surface area contributed by atoms with Gasteiger partial charge < -0.3 is 21.2 Å². The first kappa shape index (κ1) is 21.8. The molecule has 0 unspecified atom stereocenters. The van der Waals surface area contributed by atoms with E-state index >= 15 is 0 Å². The van der Waals surface area contributed by atoms with Crippen LogP contribution in [0.3, 0.4) is 0 Å². The largest absolute Gasteiger partial charge is 0.495 e. The molecule has 2 aromatic carbocycles. The van der Waals surface area contributed by atoms with Crippen LogP contribution in [0.2, 0.25) is 0 Å². The van der Waals surface area contributed by atoms with E-state index < -0.39 is 5.56 Å². The standard InChI is InChI=1S/C20H20N6O4S/c1-12-19(29)26(21)20(25-24-12)31-11-17(27)22-14-9-7-13(8-10-14)18(28)23-15-5-3-4-6-16(15)30-2/h3-10H,11,21H2,1-2H3,(H,22,27)(H,23,28). The van der Waals surface area contributed by atoms with E-state index in [-0.39, 0.29) is 28.4 Å². The summed E-state index contributed by atoms with van der Waals surface area (Å²) in [5.41, 5.74) is 1.19. The molecule has 0 aliphatic carbocycles. The highest BCUT2D eigenvalue weighted by molar-refractivity contribution is 7.99. The Morgan fingerprint density at radius 3 is 2.52 bits per heavy atom. The number of aryl methyl sites for hydroxylation is 1. The Labute approximate surface area is 181 Å². The zero-order valence-electron chi connectivity index (χ0n) is 16.8. The predicted molar refractivity (Wildman–Crippen MR) is 118 cm³/mol. The lowest BCUT2D eigenvalue weighted by atomic mass is 10.2. The summed E-state index contributed by atoms with van der Waals surface area (Å²) in [5, 5.41) is 13.1. The van der Waals surface area contributed by atoms with Crippen molar-refractivity contribution in [1.82, 2.24) is 14.9 Å². The Bertz CT molecular complexity index is 1160. The lowest BCUT2D eigenvalue weighted by molar-refractivity contribution is -0.113. The first-order chi connectivity index (χ1) is 14.9. The van der Waals surface area contributed by atoms with Gasteiger partial charge in [0, 0.05) is 11.3 Å². The highest BCUT2D eigenvalue weighted by Gasteiger charge is 2.12. The van der Waals surface area contributed by atoms with Crippen molar-refractivity contribution in [3.8, 4) is 5.75 Å². The molecular weight excluding hydrogens is 420 g/mol. The summed E-state index contributed by atoms with van der Waals surface area (Å²) >= 11 is 0.986. The van der Waals surface area contributed by atoms with Crippen LogP contribution in [0.25, 0.3) is 0 Å². The van der Waals surface area contributed by atoms with E-state index in [1.54, 1.807) is 42.5 Å². The smallest absolute Gasteiger partial charge is 0.294 e. The van der Waals surface area contributed by atoms with E-state index in [4.69, 9.17) is 10.6 Å². The van der Waals surface area contributed by atoms with E-state index in [1.807, 2.05) is 6.07 Å². The zero-order valence-corrected chi connectivity index (χ0v) is 17.6. The number of hydrogen-bond donors (Lipinski definition) is 3. The summed E-state index contributed by atoms with van der Waals surface area (Å²) in [6.07, 6.45) is 0. The van der Waals surface area contributed by atoms with Gasteiger partial charge in [-0.25, -0.2) is 0 Å². The number of thioether (sulfide) groups is 1. The molecule has 1 heterocycles. The molecule has 2 amide bonds. The predicted octanol–water partition coefficient (Wildman–Crippen LogP) is 1.65. The molecule has 0 aliphatic heterocycles. The summed E-state index contributed by atoms with van der Waals surface area (Å²) in [5.74, 6) is 5.54. The first-order valence-electron chi connectivity index (χ1n) is 9.07. The van der Waals surface area contributed by atoms with Gasteiger partial charge in [-0.05, 0) is 43.3 Å². The summed E-state index contributed by atoms with van der Waals surface area (Å²) in [6, 6.07) is 13.5. The van der Waals surface area contributed by atoms with Crippen molar-refractivity contribution >= 4 is 35.0 Å². The lowest BCUT2D eigenvalue weighted by Crippen LogP contribution is -2.32. The van der Waals surface area contributed by atoms with Crippen LogP contribution in [0, 0.1) is 6.92 Å². The minimum absolute atomic E-state index is 0.0234. The molecule has 0 bridgehead atoms. The second-order valence-electron chi connectivity index (χ2n) is 6.31. The van der Waals surface area contributed by atoms with Gasteiger partial charge in [-0.1, -0.05) is 23.9 Å². The van der Waals surface area contributed by atoms with E-state index in [2.05, 4.69) is 20.8 Å². The fourth-order valence-corrected chi connectivity index (χ4v) is 3.20. The number of nitrogen functional groups attached to an aromatic ring is 1. The normalized spacial score (nSPS) is 10.4. The Morgan fingerprint density at radius 2 is 1.81 bits per heavy atom. The number of rotatable bonds is 7. The molecule has 0 saturated heterocycles. The number of para-hydroxylation sites is 2. The molecule has 0 saturated carbocycles. The summed E-state index contributed by atoms with van der Waals surface area (Å²) in [4.78, 5) is 36.4. The molecule has 160 valence electrons. The Morgan fingerprint density at radius 1 is 1.10 bits per heavy atom. The van der Waals surface area contributed by atoms with Gasteiger partial charge in [0.1, 0.15) is 11.4 Å². The molecule has 11 heteroatoms. The van der Waals surface area contributed by atoms with Crippen LogP contribution >= 0.6 is 11.8 Å². The van der Waals surface area contributed by atoms with E-state index in [0.717, 1.165) is 16.4 Å². The molecular formula is C20H20N6O4S. The van der Waals surface area contributed by atoms with E-state index in [9.17, 15) is 14.4 Å². The number of nitrogens with two attached hydrogens (primary N) is 1. The van der Waals surface area contributed by atoms with Crippen LogP contribution in [0.1, 0.15) is 16.1 Å². The van der Waals surface area contributed by atoms with Crippen molar-refractivity contribution in [2.24, 2.45) is 0 Å². The minimum Gasteiger partial charge on any atom is -0.495 e. The molecule has 1 aromatic heterocycles. The maximum absolute atomic E-state index is 12.4. The molecule has 0 spiro atoms. The Balaban J connectivity index is 1.57. The third kappa shape index (κ3) is 5.39. The average molecular weight is 440 g/mol. The first-order valence-corrected chi connectivity index (χ1v) is 10.1. The maximum atomic E-state index is 12.4. The second-order valence-corrected chi connectivity index (χ2v) is 7.25. The zero-order chi connectivity index (χ0) is 22.4. The number of benzene rings is 2. The fourth-order valence-electron chi connectivity index (χ4n) is 2.54. The molecule has 0 radical (unpaired) electrons. The number of ether oxygens (including phenoxy) is 1. The van der Waals surface area contributed by atoms with Crippen molar-refractivity contribution in [1.29, 1.82) is 0 Å². The van der Waals surface area contributed by atoms with Gasteiger partial charge in [0.25, 0.3) is 11.5 Å². The average Bonchev–Trinajstić information content (AvgIpc) is 2.78. The monoisotopic (exact) mass is 440 g/mol. The lowest BCUT2D eigenvalue weighted by Gasteiger charge is -2.10. The van der Waals surface area contributed by atoms with Gasteiger partial charge >= 0.3 is 0 Å². The molecule has 4 N–H and O–H groups in total. The topological polar surface area (TPSA) is 141 Å². The number of carbonyl (C=O) groups is 2. The number of nitrogens with zero attached hydrogens (tertiary/aromatic N) is 3. The van der Waals surface area contributed by atoms with Gasteiger partial charge in [0.05, 0.1) is 18.6 Å². The molecule has 0 fully saturated rings. The number of amides is 2. The fraction of sp³-hybridized carbons (Fsp3) is 0.150. The van der Waals surface area contributed by atoms with Crippen LogP contribution in [0.15, 0.2) is 58.5 Å². The third-order valence-electron chi connectivity index (χ3n) is 4.14. The van der Waals surface area contributed by atoms with Crippen LogP contribution in [0.5, 0.6) is 5.75 Å². The number of nitrogens with one attached hydrogen (secondary N) is 2.